The van der Waals surface area contributed by atoms with E-state index in [2.05, 4.69) is 39.0 Å². The fraction of sp³-hybridized carbons (Fsp3) is 0.400. The number of piperazine rings is 1. The second-order valence-electron chi connectivity index (χ2n) is 6.93. The number of hydrogen-bond acceptors (Lipinski definition) is 5. The SMILES string of the molecule is Cc1ccc(C(=O)O)c(N2CCN3[C@@H](COC[C@@H]3c3ccccc3)C2)n1. The summed E-state index contributed by atoms with van der Waals surface area (Å²) < 4.78 is 5.89. The van der Waals surface area contributed by atoms with Crippen LogP contribution in [0.15, 0.2) is 42.5 Å². The van der Waals surface area contributed by atoms with Gasteiger partial charge in [0, 0.05) is 25.3 Å². The van der Waals surface area contributed by atoms with Gasteiger partial charge in [-0.3, -0.25) is 4.90 Å². The van der Waals surface area contributed by atoms with Crippen molar-refractivity contribution in [3.63, 3.8) is 0 Å². The van der Waals surface area contributed by atoms with Crippen molar-refractivity contribution in [3.05, 3.63) is 59.3 Å². The highest BCUT2D eigenvalue weighted by Gasteiger charge is 2.37. The fourth-order valence-electron chi connectivity index (χ4n) is 3.95. The first kappa shape index (κ1) is 17.0. The Kier molecular flexibility index (Phi) is 4.61. The highest BCUT2D eigenvalue weighted by molar-refractivity contribution is 5.93. The number of aryl methyl sites for hydroxylation is 1. The average molecular weight is 353 g/mol. The van der Waals surface area contributed by atoms with Crippen molar-refractivity contribution in [2.24, 2.45) is 0 Å². The number of anilines is 1. The molecule has 2 aromatic rings. The lowest BCUT2D eigenvalue weighted by Crippen LogP contribution is -2.59. The van der Waals surface area contributed by atoms with Gasteiger partial charge >= 0.3 is 5.97 Å². The van der Waals surface area contributed by atoms with Crippen LogP contribution in [0.25, 0.3) is 0 Å². The van der Waals surface area contributed by atoms with Gasteiger partial charge in [0.2, 0.25) is 0 Å². The Bertz CT molecular complexity index is 796. The molecule has 2 saturated heterocycles. The number of hydrogen-bond donors (Lipinski definition) is 1. The molecule has 0 bridgehead atoms. The minimum absolute atomic E-state index is 0.228. The summed E-state index contributed by atoms with van der Waals surface area (Å²) in [5.41, 5.74) is 2.36. The summed E-state index contributed by atoms with van der Waals surface area (Å²) >= 11 is 0. The number of carbonyl (C=O) groups is 1. The first-order valence-electron chi connectivity index (χ1n) is 8.98. The van der Waals surface area contributed by atoms with Crippen LogP contribution in [0.1, 0.15) is 27.7 Å². The van der Waals surface area contributed by atoms with E-state index in [4.69, 9.17) is 4.74 Å². The molecule has 2 atom stereocenters. The molecule has 0 amide bonds. The maximum absolute atomic E-state index is 11.6. The van der Waals surface area contributed by atoms with Gasteiger partial charge < -0.3 is 14.7 Å². The molecule has 2 aliphatic heterocycles. The number of aromatic nitrogens is 1. The molecule has 6 nitrogen and oxygen atoms in total. The third-order valence-electron chi connectivity index (χ3n) is 5.24. The van der Waals surface area contributed by atoms with Gasteiger partial charge in [-0.15, -0.1) is 0 Å². The minimum Gasteiger partial charge on any atom is -0.478 e. The average Bonchev–Trinajstić information content (AvgIpc) is 2.67. The fourth-order valence-corrected chi connectivity index (χ4v) is 3.95. The summed E-state index contributed by atoms with van der Waals surface area (Å²) in [5.74, 6) is -0.365. The largest absolute Gasteiger partial charge is 0.478 e. The molecule has 0 saturated carbocycles. The number of ether oxygens (including phenoxy) is 1. The van der Waals surface area contributed by atoms with Crippen LogP contribution in [0.3, 0.4) is 0 Å². The molecule has 6 heteroatoms. The first-order valence-corrected chi connectivity index (χ1v) is 8.98. The molecule has 0 aliphatic carbocycles. The van der Waals surface area contributed by atoms with Gasteiger partial charge in [-0.05, 0) is 24.6 Å². The molecule has 0 unspecified atom stereocenters. The van der Waals surface area contributed by atoms with Gasteiger partial charge in [-0.25, -0.2) is 9.78 Å². The number of fused-ring (bicyclic) bond motifs is 1. The lowest BCUT2D eigenvalue weighted by molar-refractivity contribution is -0.0548. The highest BCUT2D eigenvalue weighted by atomic mass is 16.5. The van der Waals surface area contributed by atoms with E-state index in [1.54, 1.807) is 12.1 Å². The Labute approximate surface area is 153 Å². The number of carboxylic acids is 1. The Morgan fingerprint density at radius 2 is 1.96 bits per heavy atom. The van der Waals surface area contributed by atoms with Gasteiger partial charge in [0.15, 0.2) is 0 Å². The van der Waals surface area contributed by atoms with Crippen molar-refractivity contribution in [3.8, 4) is 0 Å². The summed E-state index contributed by atoms with van der Waals surface area (Å²) in [6.45, 7) is 5.59. The van der Waals surface area contributed by atoms with Crippen molar-refractivity contribution in [2.45, 2.75) is 19.0 Å². The predicted octanol–water partition coefficient (Wildman–Crippen LogP) is 2.35. The van der Waals surface area contributed by atoms with Crippen LogP contribution < -0.4 is 4.90 Å². The number of rotatable bonds is 3. The van der Waals surface area contributed by atoms with Crippen LogP contribution in [0.2, 0.25) is 0 Å². The molecule has 0 spiro atoms. The Hall–Kier alpha value is -2.44. The van der Waals surface area contributed by atoms with E-state index in [1.165, 1.54) is 5.56 Å². The van der Waals surface area contributed by atoms with Crippen molar-refractivity contribution >= 4 is 11.8 Å². The third kappa shape index (κ3) is 3.18. The zero-order valence-corrected chi connectivity index (χ0v) is 14.8. The number of pyridine rings is 1. The third-order valence-corrected chi connectivity index (χ3v) is 5.24. The standard InChI is InChI=1S/C20H23N3O3/c1-14-7-8-17(20(24)25)19(21-14)22-9-10-23-16(11-22)12-26-13-18(23)15-5-3-2-4-6-15/h2-8,16,18H,9-13H2,1H3,(H,24,25)/t16-,18-/m1/s1. The Morgan fingerprint density at radius 1 is 1.15 bits per heavy atom. The maximum Gasteiger partial charge on any atom is 0.339 e. The first-order chi connectivity index (χ1) is 12.6. The van der Waals surface area contributed by atoms with Gasteiger partial charge in [0.05, 0.1) is 25.3 Å². The number of benzene rings is 1. The van der Waals surface area contributed by atoms with Crippen LogP contribution in [-0.2, 0) is 4.74 Å². The van der Waals surface area contributed by atoms with E-state index >= 15 is 0 Å². The molecule has 2 fully saturated rings. The quantitative estimate of drug-likeness (QED) is 0.914. The van der Waals surface area contributed by atoms with Gasteiger partial charge in [0.25, 0.3) is 0 Å². The van der Waals surface area contributed by atoms with Crippen LogP contribution in [-0.4, -0.2) is 59.8 Å². The Morgan fingerprint density at radius 3 is 2.73 bits per heavy atom. The van der Waals surface area contributed by atoms with Crippen LogP contribution in [0.5, 0.6) is 0 Å². The smallest absolute Gasteiger partial charge is 0.339 e. The lowest BCUT2D eigenvalue weighted by Gasteiger charge is -2.48. The van der Waals surface area contributed by atoms with Gasteiger partial charge in [-0.2, -0.15) is 0 Å². The van der Waals surface area contributed by atoms with Crippen molar-refractivity contribution in [1.82, 2.24) is 9.88 Å². The zero-order chi connectivity index (χ0) is 18.1. The molecule has 136 valence electrons. The maximum atomic E-state index is 11.6. The van der Waals surface area contributed by atoms with E-state index in [0.29, 0.717) is 19.0 Å². The topological polar surface area (TPSA) is 65.9 Å². The molecule has 1 aromatic heterocycles. The molecule has 3 heterocycles. The van der Waals surface area contributed by atoms with E-state index < -0.39 is 5.97 Å². The molecule has 2 aliphatic rings. The van der Waals surface area contributed by atoms with Crippen LogP contribution in [0, 0.1) is 6.92 Å². The molecule has 1 aromatic carbocycles. The molecule has 1 N–H and O–H groups in total. The van der Waals surface area contributed by atoms with Crippen molar-refractivity contribution in [2.75, 3.05) is 37.7 Å². The van der Waals surface area contributed by atoms with E-state index in [-0.39, 0.29) is 17.6 Å². The summed E-state index contributed by atoms with van der Waals surface area (Å²) in [4.78, 5) is 20.7. The summed E-state index contributed by atoms with van der Waals surface area (Å²) in [6.07, 6.45) is 0. The number of morpholine rings is 1. The van der Waals surface area contributed by atoms with E-state index in [1.807, 2.05) is 13.0 Å². The molecule has 4 rings (SSSR count). The Balaban J connectivity index is 1.57. The second kappa shape index (κ2) is 7.05. The van der Waals surface area contributed by atoms with E-state index in [0.717, 1.165) is 25.3 Å². The minimum atomic E-state index is -0.933. The van der Waals surface area contributed by atoms with Crippen LogP contribution >= 0.6 is 0 Å². The van der Waals surface area contributed by atoms with Crippen molar-refractivity contribution in [1.29, 1.82) is 0 Å². The van der Waals surface area contributed by atoms with E-state index in [9.17, 15) is 9.90 Å². The molecule has 0 radical (unpaired) electrons. The summed E-state index contributed by atoms with van der Waals surface area (Å²) in [7, 11) is 0. The summed E-state index contributed by atoms with van der Waals surface area (Å²) in [5, 5.41) is 9.51. The van der Waals surface area contributed by atoms with Gasteiger partial charge in [-0.1, -0.05) is 30.3 Å². The number of nitrogens with zero attached hydrogens (tertiary/aromatic N) is 3. The highest BCUT2D eigenvalue weighted by Crippen LogP contribution is 2.31. The normalized spacial score (nSPS) is 23.5. The number of carboxylic acid groups (broad SMARTS) is 1. The molecular formula is C20H23N3O3. The van der Waals surface area contributed by atoms with Gasteiger partial charge in [0.1, 0.15) is 11.4 Å². The zero-order valence-electron chi connectivity index (χ0n) is 14.8. The lowest BCUT2D eigenvalue weighted by atomic mass is 10.00. The summed E-state index contributed by atoms with van der Waals surface area (Å²) in [6, 6.07) is 14.3. The predicted molar refractivity (Wildman–Crippen MR) is 98.6 cm³/mol. The molecule has 26 heavy (non-hydrogen) atoms. The monoisotopic (exact) mass is 353 g/mol. The second-order valence-corrected chi connectivity index (χ2v) is 6.93. The molecular weight excluding hydrogens is 330 g/mol. The van der Waals surface area contributed by atoms with Crippen LogP contribution in [0.4, 0.5) is 5.82 Å². The number of aromatic carboxylic acids is 1. The van der Waals surface area contributed by atoms with Crippen molar-refractivity contribution < 1.29 is 14.6 Å².